The molecule has 11 heavy (non-hydrogen) atoms. The molecule has 0 N–H and O–H groups in total. The van der Waals surface area contributed by atoms with Crippen LogP contribution in [0.2, 0.25) is 0 Å². The van der Waals surface area contributed by atoms with Gasteiger partial charge < -0.3 is 0 Å². The van der Waals surface area contributed by atoms with Crippen molar-refractivity contribution in [2.45, 2.75) is 0 Å². The number of rotatable bonds is 1. The van der Waals surface area contributed by atoms with Gasteiger partial charge in [-0.05, 0) is 17.4 Å². The van der Waals surface area contributed by atoms with Crippen LogP contribution >= 0.6 is 7.53 Å². The zero-order chi connectivity index (χ0) is 7.94. The fraction of sp³-hybridized carbons (Fsp3) is 0. The first-order chi connectivity index (χ1) is 5.43. The molecule has 0 aliphatic heterocycles. The first-order valence-corrected chi connectivity index (χ1v) is 5.07. The average molecular weight is 162 g/mol. The summed E-state index contributed by atoms with van der Waals surface area (Å²) in [6.45, 7) is 3.77. The summed E-state index contributed by atoms with van der Waals surface area (Å²) in [5, 5.41) is 0. The summed E-state index contributed by atoms with van der Waals surface area (Å²) >= 11 is 0. The predicted octanol–water partition coefficient (Wildman–Crippen LogP) is 3.90. The maximum absolute atomic E-state index is 3.77. The highest BCUT2D eigenvalue weighted by atomic mass is 31.1. The third-order valence-corrected chi connectivity index (χ3v) is 2.74. The molecule has 1 heteroatoms. The minimum atomic E-state index is -0.230. The maximum atomic E-state index is 3.77. The van der Waals surface area contributed by atoms with Crippen LogP contribution < -0.4 is 0 Å². The van der Waals surface area contributed by atoms with Crippen LogP contribution in [-0.2, 0) is 0 Å². The molecule has 1 rings (SSSR count). The summed E-state index contributed by atoms with van der Waals surface area (Å²) in [7, 11) is -0.230. The molecule has 56 valence electrons. The van der Waals surface area contributed by atoms with E-state index in [1.807, 2.05) is 30.1 Å². The Morgan fingerprint density at radius 3 is 1.73 bits per heavy atom. The van der Waals surface area contributed by atoms with Crippen molar-refractivity contribution in [3.8, 4) is 0 Å². The normalized spacial score (nSPS) is 8.36. The molecule has 0 bridgehead atoms. The zero-order valence-electron chi connectivity index (χ0n) is 6.35. The lowest BCUT2D eigenvalue weighted by Crippen LogP contribution is -1.39. The Bertz CT molecular complexity index is 248. The molecule has 0 spiro atoms. The fourth-order valence-electron chi connectivity index (χ4n) is 0.726. The molecule has 0 atom stereocenters. The topological polar surface area (TPSA) is 0 Å². The molecule has 1 aromatic rings. The molecular formula is C10H11P. The van der Waals surface area contributed by atoms with Crippen LogP contribution in [0, 0.1) is 0 Å². The van der Waals surface area contributed by atoms with Gasteiger partial charge in [0.15, 0.2) is 0 Å². The van der Waals surface area contributed by atoms with Crippen molar-refractivity contribution in [2.24, 2.45) is 0 Å². The van der Waals surface area contributed by atoms with E-state index in [1.165, 1.54) is 0 Å². The van der Waals surface area contributed by atoms with Gasteiger partial charge in [0.2, 0.25) is 0 Å². The van der Waals surface area contributed by atoms with Crippen LogP contribution in [0.1, 0.15) is 0 Å². The minimum Gasteiger partial charge on any atom is -0.101 e. The molecule has 0 saturated carbocycles. The molecule has 0 aliphatic rings. The highest BCUT2D eigenvalue weighted by Gasteiger charge is 1.72. The Morgan fingerprint density at radius 1 is 0.818 bits per heavy atom. The van der Waals surface area contributed by atoms with E-state index in [9.17, 15) is 0 Å². The average Bonchev–Trinajstić information content (AvgIpc) is 2.16. The Labute approximate surface area is 68.6 Å². The van der Waals surface area contributed by atoms with Crippen molar-refractivity contribution in [3.05, 3.63) is 54.6 Å². The molecule has 0 unspecified atom stereocenters. The first kappa shape index (κ1) is 8.10. The summed E-state index contributed by atoms with van der Waals surface area (Å²) in [4.78, 5) is 0. The van der Waals surface area contributed by atoms with Crippen molar-refractivity contribution in [1.82, 2.24) is 0 Å². The van der Waals surface area contributed by atoms with E-state index >= 15 is 0 Å². The van der Waals surface area contributed by atoms with Gasteiger partial charge in [0.05, 0.1) is 0 Å². The number of hydrogen-bond donors (Lipinski definition) is 0. The minimum absolute atomic E-state index is 0.230. The fourth-order valence-corrected chi connectivity index (χ4v) is 1.67. The van der Waals surface area contributed by atoms with E-state index in [2.05, 4.69) is 30.3 Å². The van der Waals surface area contributed by atoms with Crippen LogP contribution in [0.3, 0.4) is 0 Å². The monoisotopic (exact) mass is 162 g/mol. The van der Waals surface area contributed by atoms with E-state index in [4.69, 9.17) is 0 Å². The van der Waals surface area contributed by atoms with Crippen LogP contribution in [-0.4, -0.2) is 0 Å². The van der Waals surface area contributed by atoms with Gasteiger partial charge in [-0.3, -0.25) is 0 Å². The molecule has 0 saturated heterocycles. The standard InChI is InChI=1S/C10H11P/c1-2-11-9-7-5-3-4-6-8-10-11/h2-10H,1H2. The SMILES string of the molecule is C=Cp1cccccccc1. The predicted molar refractivity (Wildman–Crippen MR) is 53.2 cm³/mol. The lowest BCUT2D eigenvalue weighted by Gasteiger charge is -1.82. The molecule has 0 amide bonds. The van der Waals surface area contributed by atoms with Crippen molar-refractivity contribution >= 4 is 13.4 Å². The van der Waals surface area contributed by atoms with Crippen molar-refractivity contribution in [2.75, 3.05) is 0 Å². The van der Waals surface area contributed by atoms with E-state index in [0.717, 1.165) is 0 Å². The summed E-state index contributed by atoms with van der Waals surface area (Å²) in [6.07, 6.45) is 0. The molecule has 0 nitrogen and oxygen atoms in total. The molecule has 1 heterocycles. The quantitative estimate of drug-likeness (QED) is 0.587. The van der Waals surface area contributed by atoms with Gasteiger partial charge in [0, 0.05) is 0 Å². The smallest absolute Gasteiger partial charge is 0.0386 e. The molecular weight excluding hydrogens is 151 g/mol. The van der Waals surface area contributed by atoms with Crippen LogP contribution in [0.4, 0.5) is 0 Å². The van der Waals surface area contributed by atoms with Crippen molar-refractivity contribution in [1.29, 1.82) is 0 Å². The lowest BCUT2D eigenvalue weighted by molar-refractivity contribution is 1.82. The lowest BCUT2D eigenvalue weighted by atomic mass is 10.5. The number of hydrogen-bond acceptors (Lipinski definition) is 0. The van der Waals surface area contributed by atoms with Crippen LogP contribution in [0.15, 0.2) is 54.6 Å². The Kier molecular flexibility index (Phi) is 3.51. The largest absolute Gasteiger partial charge is 0.101 e. The Morgan fingerprint density at radius 2 is 1.27 bits per heavy atom. The van der Waals surface area contributed by atoms with Crippen LogP contribution in [0.5, 0.6) is 0 Å². The van der Waals surface area contributed by atoms with Gasteiger partial charge in [-0.25, -0.2) is 0 Å². The summed E-state index contributed by atoms with van der Waals surface area (Å²) in [6, 6.07) is 12.2. The zero-order valence-corrected chi connectivity index (χ0v) is 7.24. The van der Waals surface area contributed by atoms with E-state index in [-0.39, 0.29) is 7.53 Å². The van der Waals surface area contributed by atoms with Crippen LogP contribution in [0.25, 0.3) is 5.82 Å². The maximum Gasteiger partial charge on any atom is -0.0386 e. The summed E-state index contributed by atoms with van der Waals surface area (Å²) in [5.74, 6) is 6.32. The molecule has 0 aliphatic carbocycles. The van der Waals surface area contributed by atoms with Crippen molar-refractivity contribution in [3.63, 3.8) is 0 Å². The third-order valence-electron chi connectivity index (χ3n) is 1.28. The van der Waals surface area contributed by atoms with Crippen molar-refractivity contribution < 1.29 is 0 Å². The second-order valence-corrected chi connectivity index (χ2v) is 3.94. The molecule has 1 aromatic heterocycles. The molecule has 0 fully saturated rings. The summed E-state index contributed by atoms with van der Waals surface area (Å²) < 4.78 is 0. The molecule has 0 radical (unpaired) electrons. The van der Waals surface area contributed by atoms with E-state index < -0.39 is 0 Å². The van der Waals surface area contributed by atoms with Gasteiger partial charge >= 0.3 is 0 Å². The molecule has 0 aromatic carbocycles. The highest BCUT2D eigenvalue weighted by molar-refractivity contribution is 7.57. The Balaban J connectivity index is 3.16. The van der Waals surface area contributed by atoms with Gasteiger partial charge in [-0.15, -0.1) is 7.53 Å². The van der Waals surface area contributed by atoms with Gasteiger partial charge in [0.25, 0.3) is 0 Å². The van der Waals surface area contributed by atoms with Gasteiger partial charge in [0.1, 0.15) is 0 Å². The van der Waals surface area contributed by atoms with E-state index in [0.29, 0.717) is 0 Å². The van der Waals surface area contributed by atoms with Gasteiger partial charge in [-0.1, -0.05) is 43.0 Å². The van der Waals surface area contributed by atoms with E-state index in [1.54, 1.807) is 0 Å². The first-order valence-electron chi connectivity index (χ1n) is 3.52. The Hall–Kier alpha value is -1.00. The third kappa shape index (κ3) is 3.06. The highest BCUT2D eigenvalue weighted by Crippen LogP contribution is 2.24. The second-order valence-electron chi connectivity index (χ2n) is 2.08. The van der Waals surface area contributed by atoms with Gasteiger partial charge in [-0.2, -0.15) is 0 Å². The second kappa shape index (κ2) is 4.76. The summed E-state index contributed by atoms with van der Waals surface area (Å²) in [5.41, 5.74) is 0.